The molecule has 0 unspecified atom stereocenters. The Bertz CT molecular complexity index is 1170. The van der Waals surface area contributed by atoms with Crippen molar-refractivity contribution in [3.05, 3.63) is 76.3 Å². The summed E-state index contributed by atoms with van der Waals surface area (Å²) < 4.78 is 3.77. The van der Waals surface area contributed by atoms with Gasteiger partial charge in [-0.15, -0.1) is 0 Å². The van der Waals surface area contributed by atoms with Crippen LogP contribution < -0.4 is 5.32 Å². The molecule has 4 rings (SSSR count). The number of carbonyl (C=O) groups excluding carboxylic acids is 1. The van der Waals surface area contributed by atoms with Crippen molar-refractivity contribution in [2.24, 2.45) is 7.05 Å². The molecule has 0 saturated heterocycles. The molecule has 0 radical (unpaired) electrons. The number of imidazole rings is 1. The van der Waals surface area contributed by atoms with E-state index >= 15 is 0 Å². The van der Waals surface area contributed by atoms with Crippen molar-refractivity contribution < 1.29 is 4.79 Å². The Kier molecular flexibility index (Phi) is 4.65. The van der Waals surface area contributed by atoms with Gasteiger partial charge in [0.2, 0.25) is 0 Å². The van der Waals surface area contributed by atoms with E-state index in [9.17, 15) is 4.79 Å². The molecule has 0 atom stereocenters. The van der Waals surface area contributed by atoms with Gasteiger partial charge in [0.1, 0.15) is 5.82 Å². The van der Waals surface area contributed by atoms with Crippen molar-refractivity contribution >= 4 is 28.5 Å². The molecule has 1 amide bonds. The molecule has 2 aromatic heterocycles. The normalized spacial score (nSPS) is 11.1. The number of hydrogen-bond acceptors (Lipinski definition) is 3. The number of rotatable bonds is 4. The Morgan fingerprint density at radius 1 is 1.11 bits per heavy atom. The molecule has 0 spiro atoms. The summed E-state index contributed by atoms with van der Waals surface area (Å²) in [6.45, 7) is 4.15. The Morgan fingerprint density at radius 2 is 1.82 bits per heavy atom. The third kappa shape index (κ3) is 3.16. The standard InChI is InChI=1S/C21H20ClN5O/c1-13-20(22)14(2)27(25-13)16-10-8-15(9-11-16)21(28)23-12-19-24-17-6-4-5-7-18(17)26(19)3/h4-11H,12H2,1-3H3,(H,23,28). The van der Waals surface area contributed by atoms with Crippen LogP contribution in [0.1, 0.15) is 27.6 Å². The minimum Gasteiger partial charge on any atom is -0.345 e. The highest BCUT2D eigenvalue weighted by Gasteiger charge is 2.13. The van der Waals surface area contributed by atoms with Crippen LogP contribution in [0, 0.1) is 13.8 Å². The van der Waals surface area contributed by atoms with Crippen LogP contribution in [-0.4, -0.2) is 25.2 Å². The number of amides is 1. The third-order valence-electron chi connectivity index (χ3n) is 4.86. The van der Waals surface area contributed by atoms with E-state index in [1.54, 1.807) is 16.8 Å². The monoisotopic (exact) mass is 393 g/mol. The van der Waals surface area contributed by atoms with Crippen LogP contribution in [0.5, 0.6) is 0 Å². The molecule has 2 aromatic carbocycles. The number of fused-ring (bicyclic) bond motifs is 1. The highest BCUT2D eigenvalue weighted by atomic mass is 35.5. The smallest absolute Gasteiger partial charge is 0.251 e. The molecule has 7 heteroatoms. The topological polar surface area (TPSA) is 64.7 Å². The first-order valence-corrected chi connectivity index (χ1v) is 9.34. The van der Waals surface area contributed by atoms with E-state index in [-0.39, 0.29) is 5.91 Å². The lowest BCUT2D eigenvalue weighted by molar-refractivity contribution is 0.0949. The zero-order chi connectivity index (χ0) is 19.8. The van der Waals surface area contributed by atoms with Crippen molar-refractivity contribution in [2.45, 2.75) is 20.4 Å². The summed E-state index contributed by atoms with van der Waals surface area (Å²) in [5.74, 6) is 0.661. The summed E-state index contributed by atoms with van der Waals surface area (Å²) in [4.78, 5) is 17.1. The molecule has 28 heavy (non-hydrogen) atoms. The average molecular weight is 394 g/mol. The molecule has 0 aliphatic carbocycles. The highest BCUT2D eigenvalue weighted by Crippen LogP contribution is 2.22. The first-order chi connectivity index (χ1) is 13.5. The highest BCUT2D eigenvalue weighted by molar-refractivity contribution is 6.31. The lowest BCUT2D eigenvalue weighted by Gasteiger charge is -2.08. The largest absolute Gasteiger partial charge is 0.345 e. The van der Waals surface area contributed by atoms with E-state index < -0.39 is 0 Å². The second-order valence-electron chi connectivity index (χ2n) is 6.70. The average Bonchev–Trinajstić information content (AvgIpc) is 3.17. The Hall–Kier alpha value is -3.12. The maximum absolute atomic E-state index is 12.5. The molecule has 2 heterocycles. The lowest BCUT2D eigenvalue weighted by Crippen LogP contribution is -2.24. The third-order valence-corrected chi connectivity index (χ3v) is 5.41. The van der Waals surface area contributed by atoms with E-state index in [0.29, 0.717) is 17.1 Å². The summed E-state index contributed by atoms with van der Waals surface area (Å²) >= 11 is 6.22. The van der Waals surface area contributed by atoms with Crippen LogP contribution in [0.3, 0.4) is 0 Å². The van der Waals surface area contributed by atoms with Gasteiger partial charge in [-0.1, -0.05) is 23.7 Å². The summed E-state index contributed by atoms with van der Waals surface area (Å²) in [5, 5.41) is 8.03. The summed E-state index contributed by atoms with van der Waals surface area (Å²) in [7, 11) is 1.95. The summed E-state index contributed by atoms with van der Waals surface area (Å²) in [6, 6.07) is 15.2. The minimum absolute atomic E-state index is 0.148. The zero-order valence-corrected chi connectivity index (χ0v) is 16.7. The summed E-state index contributed by atoms with van der Waals surface area (Å²) in [5.41, 5.74) is 5.05. The number of aryl methyl sites for hydroxylation is 2. The van der Waals surface area contributed by atoms with E-state index in [0.717, 1.165) is 33.9 Å². The first kappa shape index (κ1) is 18.3. The van der Waals surface area contributed by atoms with E-state index in [4.69, 9.17) is 11.6 Å². The number of carbonyl (C=O) groups is 1. The van der Waals surface area contributed by atoms with Gasteiger partial charge in [-0.3, -0.25) is 4.79 Å². The van der Waals surface area contributed by atoms with Gasteiger partial charge in [0, 0.05) is 12.6 Å². The molecule has 0 fully saturated rings. The second kappa shape index (κ2) is 7.13. The van der Waals surface area contributed by atoms with Crippen molar-refractivity contribution in [1.82, 2.24) is 24.6 Å². The predicted octanol–water partition coefficient (Wildman–Crippen LogP) is 3.96. The number of nitrogens with zero attached hydrogens (tertiary/aromatic N) is 4. The fourth-order valence-electron chi connectivity index (χ4n) is 3.24. The van der Waals surface area contributed by atoms with Crippen molar-refractivity contribution in [3.8, 4) is 5.69 Å². The Morgan fingerprint density at radius 3 is 2.46 bits per heavy atom. The first-order valence-electron chi connectivity index (χ1n) is 8.96. The SMILES string of the molecule is Cc1nn(-c2ccc(C(=O)NCc3nc4ccccc4n3C)cc2)c(C)c1Cl. The molecule has 6 nitrogen and oxygen atoms in total. The van der Waals surface area contributed by atoms with Crippen molar-refractivity contribution in [2.75, 3.05) is 0 Å². The minimum atomic E-state index is -0.148. The number of nitrogens with one attached hydrogen (secondary N) is 1. The van der Waals surface area contributed by atoms with Crippen molar-refractivity contribution in [3.63, 3.8) is 0 Å². The van der Waals surface area contributed by atoms with Gasteiger partial charge in [-0.05, 0) is 50.2 Å². The number of benzene rings is 2. The van der Waals surface area contributed by atoms with E-state index in [2.05, 4.69) is 15.4 Å². The molecule has 0 aliphatic heterocycles. The van der Waals surface area contributed by atoms with Crippen LogP contribution in [0.4, 0.5) is 0 Å². The Balaban J connectivity index is 1.49. The molecular formula is C21H20ClN5O. The van der Waals surface area contributed by atoms with Gasteiger partial charge in [0.05, 0.1) is 39.7 Å². The number of halogens is 1. The number of aromatic nitrogens is 4. The van der Waals surface area contributed by atoms with Crippen molar-refractivity contribution in [1.29, 1.82) is 0 Å². The van der Waals surface area contributed by atoms with Crippen LogP contribution in [0.2, 0.25) is 5.02 Å². The maximum Gasteiger partial charge on any atom is 0.251 e. The maximum atomic E-state index is 12.5. The number of para-hydroxylation sites is 2. The lowest BCUT2D eigenvalue weighted by atomic mass is 10.2. The second-order valence-corrected chi connectivity index (χ2v) is 7.08. The molecule has 0 bridgehead atoms. The molecule has 0 saturated carbocycles. The number of hydrogen-bond donors (Lipinski definition) is 1. The fraction of sp³-hybridized carbons (Fsp3) is 0.190. The van der Waals surface area contributed by atoms with Gasteiger partial charge >= 0.3 is 0 Å². The molecule has 142 valence electrons. The quantitative estimate of drug-likeness (QED) is 0.570. The van der Waals surface area contributed by atoms with Gasteiger partial charge in [0.15, 0.2) is 0 Å². The van der Waals surface area contributed by atoms with Crippen LogP contribution in [0.25, 0.3) is 16.7 Å². The molecule has 4 aromatic rings. The fourth-order valence-corrected chi connectivity index (χ4v) is 3.36. The van der Waals surface area contributed by atoms with Gasteiger partial charge in [-0.25, -0.2) is 9.67 Å². The zero-order valence-electron chi connectivity index (χ0n) is 15.9. The van der Waals surface area contributed by atoms with Crippen LogP contribution in [0.15, 0.2) is 48.5 Å². The van der Waals surface area contributed by atoms with Crippen LogP contribution in [-0.2, 0) is 13.6 Å². The van der Waals surface area contributed by atoms with E-state index in [1.807, 2.05) is 61.9 Å². The van der Waals surface area contributed by atoms with Crippen LogP contribution >= 0.6 is 11.6 Å². The predicted molar refractivity (Wildman–Crippen MR) is 110 cm³/mol. The Labute approximate surface area is 167 Å². The summed E-state index contributed by atoms with van der Waals surface area (Å²) in [6.07, 6.45) is 0. The molecule has 1 N–H and O–H groups in total. The molecular weight excluding hydrogens is 374 g/mol. The van der Waals surface area contributed by atoms with E-state index in [1.165, 1.54) is 0 Å². The van der Waals surface area contributed by atoms with Gasteiger partial charge in [0.25, 0.3) is 5.91 Å². The van der Waals surface area contributed by atoms with Gasteiger partial charge in [-0.2, -0.15) is 5.10 Å². The molecule has 0 aliphatic rings. The van der Waals surface area contributed by atoms with Gasteiger partial charge < -0.3 is 9.88 Å².